The Morgan fingerprint density at radius 1 is 0.966 bits per heavy atom. The minimum absolute atomic E-state index is 0.378. The van der Waals surface area contributed by atoms with Crippen LogP contribution in [-0.2, 0) is 6.54 Å². The summed E-state index contributed by atoms with van der Waals surface area (Å²) >= 11 is 0. The number of rotatable bonds is 4. The topological polar surface area (TPSA) is 53.1 Å². The molecule has 2 fully saturated rings. The van der Waals surface area contributed by atoms with Crippen LogP contribution in [0.4, 0.5) is 11.8 Å². The molecule has 5 rings (SSSR count). The maximum absolute atomic E-state index is 5.02. The van der Waals surface area contributed by atoms with Crippen LogP contribution in [-0.4, -0.2) is 36.1 Å². The first-order valence-corrected chi connectivity index (χ1v) is 10.8. The zero-order chi connectivity index (χ0) is 19.5. The van der Waals surface area contributed by atoms with Gasteiger partial charge in [-0.2, -0.15) is 4.98 Å². The van der Waals surface area contributed by atoms with E-state index in [1.54, 1.807) is 0 Å². The summed E-state index contributed by atoms with van der Waals surface area (Å²) in [4.78, 5) is 12.4. The summed E-state index contributed by atoms with van der Waals surface area (Å²) in [6, 6.07) is 18.8. The van der Waals surface area contributed by atoms with Gasteiger partial charge in [0.2, 0.25) is 5.95 Å². The van der Waals surface area contributed by atoms with Crippen LogP contribution in [0.2, 0.25) is 0 Å². The normalized spacial score (nSPS) is 22.1. The lowest BCUT2D eigenvalue weighted by molar-refractivity contribution is 0.308. The number of fused-ring (bicyclic) bond motifs is 1. The Balaban J connectivity index is 1.47. The highest BCUT2D eigenvalue weighted by Gasteiger charge is 2.37. The fourth-order valence-electron chi connectivity index (χ4n) is 4.80. The lowest BCUT2D eigenvalue weighted by atomic mass is 9.82. The van der Waals surface area contributed by atoms with Crippen LogP contribution in [0.25, 0.3) is 10.9 Å². The molecule has 1 atom stereocenters. The van der Waals surface area contributed by atoms with Gasteiger partial charge in [-0.25, -0.2) is 4.98 Å². The van der Waals surface area contributed by atoms with Crippen LogP contribution < -0.4 is 15.5 Å². The minimum atomic E-state index is 0.378. The molecule has 1 unspecified atom stereocenters. The predicted molar refractivity (Wildman–Crippen MR) is 119 cm³/mol. The maximum atomic E-state index is 5.02. The molecule has 0 saturated carbocycles. The van der Waals surface area contributed by atoms with Crippen LogP contribution in [0, 0.1) is 5.41 Å². The van der Waals surface area contributed by atoms with E-state index >= 15 is 0 Å². The molecule has 2 aliphatic heterocycles. The van der Waals surface area contributed by atoms with Crippen molar-refractivity contribution in [2.75, 3.05) is 36.4 Å². The third kappa shape index (κ3) is 3.92. The Labute approximate surface area is 172 Å². The van der Waals surface area contributed by atoms with Crippen LogP contribution in [0.5, 0.6) is 0 Å². The predicted octanol–water partition coefficient (Wildman–Crippen LogP) is 4.21. The van der Waals surface area contributed by atoms with Crippen LogP contribution in [0.3, 0.4) is 0 Å². The molecule has 150 valence electrons. The number of aromatic nitrogens is 2. The van der Waals surface area contributed by atoms with Gasteiger partial charge < -0.3 is 15.5 Å². The summed E-state index contributed by atoms with van der Waals surface area (Å²) in [5, 5.41) is 8.23. The van der Waals surface area contributed by atoms with Gasteiger partial charge in [0, 0.05) is 37.0 Å². The third-order valence-corrected chi connectivity index (χ3v) is 6.42. The molecule has 1 aromatic heterocycles. The van der Waals surface area contributed by atoms with Crippen LogP contribution in [0.1, 0.15) is 31.2 Å². The van der Waals surface area contributed by atoms with Gasteiger partial charge in [-0.05, 0) is 43.5 Å². The van der Waals surface area contributed by atoms with E-state index < -0.39 is 0 Å². The SMILES string of the molecule is c1ccc(CNc2nc(N3CCCCC4(CCNC4)C3)nc3ccccc23)cc1. The average Bonchev–Trinajstić information content (AvgIpc) is 3.12. The second-order valence-corrected chi connectivity index (χ2v) is 8.53. The van der Waals surface area contributed by atoms with Crippen molar-refractivity contribution in [1.29, 1.82) is 0 Å². The quantitative estimate of drug-likeness (QED) is 0.702. The summed E-state index contributed by atoms with van der Waals surface area (Å²) in [7, 11) is 0. The van der Waals surface area contributed by atoms with Gasteiger partial charge in [-0.15, -0.1) is 0 Å². The zero-order valence-electron chi connectivity index (χ0n) is 16.9. The zero-order valence-corrected chi connectivity index (χ0v) is 16.9. The molecular weight excluding hydrogens is 358 g/mol. The molecule has 3 aromatic rings. The first-order chi connectivity index (χ1) is 14.3. The van der Waals surface area contributed by atoms with Crippen molar-refractivity contribution in [1.82, 2.24) is 15.3 Å². The Kier molecular flexibility index (Phi) is 5.06. The highest BCUT2D eigenvalue weighted by Crippen LogP contribution is 2.36. The molecule has 5 nitrogen and oxygen atoms in total. The summed E-state index contributed by atoms with van der Waals surface area (Å²) in [6.45, 7) is 5.11. The second-order valence-electron chi connectivity index (χ2n) is 8.53. The molecule has 0 radical (unpaired) electrons. The van der Waals surface area contributed by atoms with E-state index in [-0.39, 0.29) is 0 Å². The maximum Gasteiger partial charge on any atom is 0.227 e. The molecule has 0 amide bonds. The number of nitrogens with one attached hydrogen (secondary N) is 2. The molecule has 3 heterocycles. The average molecular weight is 388 g/mol. The number of anilines is 2. The monoisotopic (exact) mass is 387 g/mol. The van der Waals surface area contributed by atoms with Crippen molar-refractivity contribution in [3.63, 3.8) is 0 Å². The highest BCUT2D eigenvalue weighted by atomic mass is 15.3. The first kappa shape index (κ1) is 18.4. The van der Waals surface area contributed by atoms with E-state index in [9.17, 15) is 0 Å². The third-order valence-electron chi connectivity index (χ3n) is 6.42. The number of hydrogen-bond acceptors (Lipinski definition) is 5. The molecule has 2 aromatic carbocycles. The molecular formula is C24H29N5. The Morgan fingerprint density at radius 2 is 1.83 bits per heavy atom. The van der Waals surface area contributed by atoms with Crippen molar-refractivity contribution in [2.24, 2.45) is 5.41 Å². The van der Waals surface area contributed by atoms with E-state index in [1.807, 2.05) is 0 Å². The largest absolute Gasteiger partial charge is 0.365 e. The fourth-order valence-corrected chi connectivity index (χ4v) is 4.80. The number of hydrogen-bond donors (Lipinski definition) is 2. The van der Waals surface area contributed by atoms with Gasteiger partial charge in [0.25, 0.3) is 0 Å². The number of para-hydroxylation sites is 1. The Hall–Kier alpha value is -2.66. The molecule has 2 N–H and O–H groups in total. The van der Waals surface area contributed by atoms with Crippen molar-refractivity contribution in [2.45, 2.75) is 32.2 Å². The lowest BCUT2D eigenvalue weighted by Crippen LogP contribution is -2.38. The summed E-state index contributed by atoms with van der Waals surface area (Å²) in [5.74, 6) is 1.80. The summed E-state index contributed by atoms with van der Waals surface area (Å²) in [5.41, 5.74) is 2.64. The van der Waals surface area contributed by atoms with Crippen molar-refractivity contribution < 1.29 is 0 Å². The molecule has 2 aliphatic rings. The fraction of sp³-hybridized carbons (Fsp3) is 0.417. The molecule has 2 saturated heterocycles. The molecule has 5 heteroatoms. The smallest absolute Gasteiger partial charge is 0.227 e. The van der Waals surface area contributed by atoms with Gasteiger partial charge in [0.05, 0.1) is 5.52 Å². The summed E-state index contributed by atoms with van der Waals surface area (Å²) in [6.07, 6.45) is 5.08. The van der Waals surface area contributed by atoms with Gasteiger partial charge in [-0.1, -0.05) is 48.9 Å². The number of nitrogens with zero attached hydrogens (tertiary/aromatic N) is 3. The van der Waals surface area contributed by atoms with Crippen molar-refractivity contribution in [3.05, 3.63) is 60.2 Å². The van der Waals surface area contributed by atoms with E-state index in [4.69, 9.17) is 9.97 Å². The Bertz CT molecular complexity index is 965. The van der Waals surface area contributed by atoms with E-state index in [0.717, 1.165) is 55.4 Å². The van der Waals surface area contributed by atoms with E-state index in [2.05, 4.69) is 70.1 Å². The molecule has 0 aliphatic carbocycles. The van der Waals surface area contributed by atoms with Crippen LogP contribution >= 0.6 is 0 Å². The summed E-state index contributed by atoms with van der Waals surface area (Å²) < 4.78 is 0. The van der Waals surface area contributed by atoms with Gasteiger partial charge in [-0.3, -0.25) is 0 Å². The van der Waals surface area contributed by atoms with Gasteiger partial charge in [0.15, 0.2) is 0 Å². The van der Waals surface area contributed by atoms with Crippen molar-refractivity contribution >= 4 is 22.7 Å². The lowest BCUT2D eigenvalue weighted by Gasteiger charge is -2.32. The molecule has 0 bridgehead atoms. The van der Waals surface area contributed by atoms with E-state index in [0.29, 0.717) is 5.41 Å². The standard InChI is InChI=1S/C24H29N5/c1-2-8-19(9-3-1)16-26-22-20-10-4-5-11-21(20)27-23(28-22)29-15-7-6-12-24(18-29)13-14-25-17-24/h1-5,8-11,25H,6-7,12-18H2,(H,26,27,28). The van der Waals surface area contributed by atoms with Gasteiger partial charge in [0.1, 0.15) is 5.82 Å². The molecule has 29 heavy (non-hydrogen) atoms. The van der Waals surface area contributed by atoms with Crippen LogP contribution in [0.15, 0.2) is 54.6 Å². The Morgan fingerprint density at radius 3 is 2.69 bits per heavy atom. The van der Waals surface area contributed by atoms with E-state index in [1.165, 1.54) is 31.2 Å². The minimum Gasteiger partial charge on any atom is -0.365 e. The number of benzene rings is 2. The van der Waals surface area contributed by atoms with Crippen molar-refractivity contribution in [3.8, 4) is 0 Å². The highest BCUT2D eigenvalue weighted by molar-refractivity contribution is 5.90. The molecule has 1 spiro atoms. The first-order valence-electron chi connectivity index (χ1n) is 10.8. The second kappa shape index (κ2) is 7.99. The van der Waals surface area contributed by atoms with Gasteiger partial charge >= 0.3 is 0 Å².